The molecule has 0 amide bonds. The number of hydrogen-bond donors (Lipinski definition) is 0. The molecule has 1 fully saturated rings. The molecule has 1 aromatic carbocycles. The van der Waals surface area contributed by atoms with Gasteiger partial charge in [-0.05, 0) is 57.5 Å². The van der Waals surface area contributed by atoms with Crippen LogP contribution in [0.1, 0.15) is 61.7 Å². The monoisotopic (exact) mass is 307 g/mol. The summed E-state index contributed by atoms with van der Waals surface area (Å²) in [5.41, 5.74) is 0.746. The minimum Gasteiger partial charge on any atom is -0.303 e. The van der Waals surface area contributed by atoms with Gasteiger partial charge in [-0.1, -0.05) is 43.0 Å². The molecule has 2 nitrogen and oxygen atoms in total. The highest BCUT2D eigenvalue weighted by molar-refractivity contribution is 6.31. The SMILES string of the molecule is O=C(CCCCCCN1CCCCC1)c1cccc(Cl)c1. The number of hydrogen-bond acceptors (Lipinski definition) is 2. The number of rotatable bonds is 8. The lowest BCUT2D eigenvalue weighted by atomic mass is 10.0. The summed E-state index contributed by atoms with van der Waals surface area (Å²) >= 11 is 5.91. The lowest BCUT2D eigenvalue weighted by Gasteiger charge is -2.26. The molecular weight excluding hydrogens is 282 g/mol. The van der Waals surface area contributed by atoms with Crippen molar-refractivity contribution in [3.63, 3.8) is 0 Å². The van der Waals surface area contributed by atoms with Crippen LogP contribution in [0.15, 0.2) is 24.3 Å². The fraction of sp³-hybridized carbons (Fsp3) is 0.611. The largest absolute Gasteiger partial charge is 0.303 e. The summed E-state index contributed by atoms with van der Waals surface area (Å²) < 4.78 is 0. The number of piperidine rings is 1. The van der Waals surface area contributed by atoms with Crippen molar-refractivity contribution in [1.82, 2.24) is 4.90 Å². The van der Waals surface area contributed by atoms with Crippen LogP contribution in [0.2, 0.25) is 5.02 Å². The van der Waals surface area contributed by atoms with E-state index in [0.717, 1.165) is 18.4 Å². The summed E-state index contributed by atoms with van der Waals surface area (Å²) in [5.74, 6) is 0.216. The second-order valence-electron chi connectivity index (χ2n) is 6.00. The molecule has 0 bridgehead atoms. The molecule has 1 saturated heterocycles. The summed E-state index contributed by atoms with van der Waals surface area (Å²) in [5, 5.41) is 0.641. The van der Waals surface area contributed by atoms with Gasteiger partial charge in [0.05, 0.1) is 0 Å². The van der Waals surface area contributed by atoms with Gasteiger partial charge < -0.3 is 4.90 Å². The van der Waals surface area contributed by atoms with Gasteiger partial charge >= 0.3 is 0 Å². The van der Waals surface area contributed by atoms with Crippen LogP contribution in [0.3, 0.4) is 0 Å². The Balaban J connectivity index is 1.54. The van der Waals surface area contributed by atoms with Gasteiger partial charge in [0, 0.05) is 17.0 Å². The minimum atomic E-state index is 0.216. The van der Waals surface area contributed by atoms with Crippen molar-refractivity contribution in [1.29, 1.82) is 0 Å². The first-order valence-corrected chi connectivity index (χ1v) is 8.64. The second kappa shape index (κ2) is 9.22. The summed E-state index contributed by atoms with van der Waals surface area (Å²) in [4.78, 5) is 14.6. The molecule has 0 radical (unpaired) electrons. The molecule has 0 unspecified atom stereocenters. The van der Waals surface area contributed by atoms with E-state index >= 15 is 0 Å². The van der Waals surface area contributed by atoms with Crippen molar-refractivity contribution < 1.29 is 4.79 Å². The van der Waals surface area contributed by atoms with Gasteiger partial charge in [0.15, 0.2) is 5.78 Å². The van der Waals surface area contributed by atoms with E-state index in [1.54, 1.807) is 12.1 Å². The molecule has 1 aromatic rings. The zero-order chi connectivity index (χ0) is 14.9. The number of ketones is 1. The predicted molar refractivity (Wildman–Crippen MR) is 89.2 cm³/mol. The predicted octanol–water partition coefficient (Wildman–Crippen LogP) is 4.96. The summed E-state index contributed by atoms with van der Waals surface area (Å²) in [6, 6.07) is 7.26. The zero-order valence-corrected chi connectivity index (χ0v) is 13.6. The van der Waals surface area contributed by atoms with Crippen molar-refractivity contribution in [2.45, 2.75) is 51.4 Å². The number of benzene rings is 1. The van der Waals surface area contributed by atoms with E-state index in [1.165, 1.54) is 51.7 Å². The number of likely N-dealkylation sites (tertiary alicyclic amines) is 1. The molecule has 1 heterocycles. The third-order valence-electron chi connectivity index (χ3n) is 4.22. The van der Waals surface area contributed by atoms with E-state index in [0.29, 0.717) is 11.4 Å². The average Bonchev–Trinajstić information content (AvgIpc) is 2.51. The van der Waals surface area contributed by atoms with Crippen molar-refractivity contribution >= 4 is 17.4 Å². The van der Waals surface area contributed by atoms with Gasteiger partial charge in [0.25, 0.3) is 0 Å². The molecule has 0 spiro atoms. The summed E-state index contributed by atoms with van der Waals surface area (Å²) in [6.45, 7) is 3.81. The highest BCUT2D eigenvalue weighted by Gasteiger charge is 2.09. The number of carbonyl (C=O) groups is 1. The van der Waals surface area contributed by atoms with E-state index in [1.807, 2.05) is 12.1 Å². The third kappa shape index (κ3) is 6.19. The molecule has 0 atom stereocenters. The van der Waals surface area contributed by atoms with Gasteiger partial charge in [-0.15, -0.1) is 0 Å². The Morgan fingerprint density at radius 2 is 1.81 bits per heavy atom. The number of carbonyl (C=O) groups excluding carboxylic acids is 1. The topological polar surface area (TPSA) is 20.3 Å². The second-order valence-corrected chi connectivity index (χ2v) is 6.44. The summed E-state index contributed by atoms with van der Waals surface area (Å²) in [6.07, 6.45) is 9.44. The minimum absolute atomic E-state index is 0.216. The van der Waals surface area contributed by atoms with Crippen LogP contribution >= 0.6 is 11.6 Å². The standard InChI is InChI=1S/C18H26ClNO/c19-17-10-8-9-16(15-17)18(21)11-4-1-2-5-12-20-13-6-3-7-14-20/h8-10,15H,1-7,11-14H2. The van der Waals surface area contributed by atoms with Gasteiger partial charge in [0.2, 0.25) is 0 Å². The van der Waals surface area contributed by atoms with Crippen molar-refractivity contribution in [2.75, 3.05) is 19.6 Å². The molecule has 116 valence electrons. The lowest BCUT2D eigenvalue weighted by Crippen LogP contribution is -2.30. The van der Waals surface area contributed by atoms with E-state index in [9.17, 15) is 4.79 Å². The first kappa shape index (κ1) is 16.5. The first-order chi connectivity index (χ1) is 10.3. The van der Waals surface area contributed by atoms with Crippen LogP contribution in [0.5, 0.6) is 0 Å². The maximum Gasteiger partial charge on any atom is 0.162 e. The molecule has 1 aliphatic heterocycles. The Kier molecular flexibility index (Phi) is 7.25. The van der Waals surface area contributed by atoms with Crippen LogP contribution in [0, 0.1) is 0 Å². The van der Waals surface area contributed by atoms with E-state index in [2.05, 4.69) is 4.90 Å². The van der Waals surface area contributed by atoms with E-state index in [-0.39, 0.29) is 5.78 Å². The molecule has 1 aliphatic rings. The lowest BCUT2D eigenvalue weighted by molar-refractivity contribution is 0.0979. The molecule has 0 saturated carbocycles. The van der Waals surface area contributed by atoms with Gasteiger partial charge in [-0.2, -0.15) is 0 Å². The van der Waals surface area contributed by atoms with E-state index < -0.39 is 0 Å². The van der Waals surface area contributed by atoms with E-state index in [4.69, 9.17) is 11.6 Å². The molecule has 0 aliphatic carbocycles. The molecule has 0 aromatic heterocycles. The Labute approximate surface area is 133 Å². The van der Waals surface area contributed by atoms with Crippen molar-refractivity contribution in [2.24, 2.45) is 0 Å². The summed E-state index contributed by atoms with van der Waals surface area (Å²) in [7, 11) is 0. The Morgan fingerprint density at radius 1 is 1.05 bits per heavy atom. The smallest absolute Gasteiger partial charge is 0.162 e. The number of unbranched alkanes of at least 4 members (excludes halogenated alkanes) is 3. The zero-order valence-electron chi connectivity index (χ0n) is 12.8. The Hall–Kier alpha value is -0.860. The molecule has 2 rings (SSSR count). The third-order valence-corrected chi connectivity index (χ3v) is 4.46. The molecular formula is C18H26ClNO. The quantitative estimate of drug-likeness (QED) is 0.500. The van der Waals surface area contributed by atoms with Crippen LogP contribution in [0.25, 0.3) is 0 Å². The fourth-order valence-corrected chi connectivity index (χ4v) is 3.15. The Morgan fingerprint density at radius 3 is 2.57 bits per heavy atom. The molecule has 21 heavy (non-hydrogen) atoms. The van der Waals surface area contributed by atoms with Gasteiger partial charge in [-0.3, -0.25) is 4.79 Å². The van der Waals surface area contributed by atoms with Gasteiger partial charge in [-0.25, -0.2) is 0 Å². The van der Waals surface area contributed by atoms with Crippen LogP contribution < -0.4 is 0 Å². The van der Waals surface area contributed by atoms with Crippen LogP contribution in [-0.4, -0.2) is 30.3 Å². The van der Waals surface area contributed by atoms with Crippen LogP contribution in [-0.2, 0) is 0 Å². The maximum atomic E-state index is 12.0. The highest BCUT2D eigenvalue weighted by atomic mass is 35.5. The fourth-order valence-electron chi connectivity index (χ4n) is 2.96. The number of halogens is 1. The van der Waals surface area contributed by atoms with Crippen LogP contribution in [0.4, 0.5) is 0 Å². The normalized spacial score (nSPS) is 16.0. The number of Topliss-reactive ketones (excluding diaryl/α,β-unsaturated/α-hetero) is 1. The van der Waals surface area contributed by atoms with Crippen molar-refractivity contribution in [3.05, 3.63) is 34.9 Å². The highest BCUT2D eigenvalue weighted by Crippen LogP contribution is 2.15. The molecule has 0 N–H and O–H groups in total. The number of nitrogens with zero attached hydrogens (tertiary/aromatic N) is 1. The first-order valence-electron chi connectivity index (χ1n) is 8.27. The average molecular weight is 308 g/mol. The van der Waals surface area contributed by atoms with Gasteiger partial charge in [0.1, 0.15) is 0 Å². The Bertz CT molecular complexity index is 441. The molecule has 3 heteroatoms. The maximum absolute atomic E-state index is 12.0. The van der Waals surface area contributed by atoms with Crippen molar-refractivity contribution in [3.8, 4) is 0 Å².